The van der Waals surface area contributed by atoms with Gasteiger partial charge in [-0.05, 0) is 20.8 Å². The highest BCUT2D eigenvalue weighted by Gasteiger charge is 2.24. The van der Waals surface area contributed by atoms with Crippen LogP contribution in [0.4, 0.5) is 4.39 Å². The molecule has 0 unspecified atom stereocenters. The van der Waals surface area contributed by atoms with E-state index in [-0.39, 0.29) is 29.5 Å². The van der Waals surface area contributed by atoms with Crippen LogP contribution in [0.3, 0.4) is 0 Å². The molecule has 128 valence electrons. The zero-order valence-corrected chi connectivity index (χ0v) is 14.7. The number of ketones is 1. The Morgan fingerprint density at radius 1 is 1.42 bits per heavy atom. The maximum Gasteiger partial charge on any atom is 0.199 e. The van der Waals surface area contributed by atoms with Crippen LogP contribution >= 0.6 is 11.3 Å². The molecule has 0 aromatic carbocycles. The number of nitrogens with zero attached hydrogens (tertiary/aromatic N) is 2. The van der Waals surface area contributed by atoms with Gasteiger partial charge in [0.1, 0.15) is 22.6 Å². The topological polar surface area (TPSA) is 61.3 Å². The van der Waals surface area contributed by atoms with E-state index in [2.05, 4.69) is 9.97 Å². The molecule has 0 bridgehead atoms. The molecular weight excluding hydrogens is 331 g/mol. The monoisotopic (exact) mass is 350 g/mol. The number of carbonyl (C=O) groups is 1. The molecule has 0 aliphatic carbocycles. The molecule has 2 aromatic heterocycles. The zero-order valence-electron chi connectivity index (χ0n) is 13.8. The number of aryl methyl sites for hydroxylation is 2. The molecule has 1 saturated heterocycles. The highest BCUT2D eigenvalue weighted by atomic mass is 32.1. The predicted molar refractivity (Wildman–Crippen MR) is 88.3 cm³/mol. The zero-order chi connectivity index (χ0) is 17.3. The quantitative estimate of drug-likeness (QED) is 0.775. The van der Waals surface area contributed by atoms with Gasteiger partial charge in [-0.25, -0.2) is 9.97 Å². The number of halogens is 1. The Morgan fingerprint density at radius 3 is 2.83 bits per heavy atom. The van der Waals surface area contributed by atoms with Crippen LogP contribution in [0, 0.1) is 19.0 Å². The SMILES string of the molecule is Cc1cc(O[C@H]2CO[C@H](C)C2)cc(C(=O)Cc2nc(C)c(F)s2)n1. The first-order valence-electron chi connectivity index (χ1n) is 7.82. The molecule has 1 aliphatic heterocycles. The number of carbonyl (C=O) groups excluding carboxylic acids is 1. The molecule has 1 fully saturated rings. The molecule has 24 heavy (non-hydrogen) atoms. The first-order valence-corrected chi connectivity index (χ1v) is 8.64. The van der Waals surface area contributed by atoms with E-state index in [9.17, 15) is 9.18 Å². The fourth-order valence-electron chi connectivity index (χ4n) is 2.63. The fourth-order valence-corrected chi connectivity index (χ4v) is 3.42. The van der Waals surface area contributed by atoms with Crippen molar-refractivity contribution < 1.29 is 18.7 Å². The fraction of sp³-hybridized carbons (Fsp3) is 0.471. The Bertz CT molecular complexity index is 743. The highest BCUT2D eigenvalue weighted by molar-refractivity contribution is 7.10. The number of hydrogen-bond acceptors (Lipinski definition) is 6. The van der Waals surface area contributed by atoms with Crippen molar-refractivity contribution >= 4 is 17.1 Å². The lowest BCUT2D eigenvalue weighted by molar-refractivity contribution is 0.0985. The van der Waals surface area contributed by atoms with Crippen molar-refractivity contribution in [3.05, 3.63) is 39.4 Å². The van der Waals surface area contributed by atoms with Crippen LogP contribution < -0.4 is 4.74 Å². The second kappa shape index (κ2) is 6.94. The molecule has 3 rings (SSSR count). The smallest absolute Gasteiger partial charge is 0.199 e. The van der Waals surface area contributed by atoms with E-state index in [1.54, 1.807) is 19.1 Å². The van der Waals surface area contributed by atoms with Gasteiger partial charge in [-0.1, -0.05) is 11.3 Å². The summed E-state index contributed by atoms with van der Waals surface area (Å²) in [5, 5.41) is 0.105. The minimum atomic E-state index is -0.352. The lowest BCUT2D eigenvalue weighted by Crippen LogP contribution is -2.17. The van der Waals surface area contributed by atoms with Crippen molar-refractivity contribution in [2.75, 3.05) is 6.61 Å². The summed E-state index contributed by atoms with van der Waals surface area (Å²) in [6.07, 6.45) is 1.03. The van der Waals surface area contributed by atoms with Crippen molar-refractivity contribution in [1.29, 1.82) is 0 Å². The van der Waals surface area contributed by atoms with E-state index in [0.29, 0.717) is 34.4 Å². The Morgan fingerprint density at radius 2 is 2.21 bits per heavy atom. The summed E-state index contributed by atoms with van der Waals surface area (Å²) in [6, 6.07) is 3.43. The summed E-state index contributed by atoms with van der Waals surface area (Å²) in [4.78, 5) is 20.8. The third-order valence-electron chi connectivity index (χ3n) is 3.77. The van der Waals surface area contributed by atoms with Gasteiger partial charge in [0.15, 0.2) is 10.9 Å². The number of ether oxygens (including phenoxy) is 2. The Labute approximate surface area is 143 Å². The van der Waals surface area contributed by atoms with Gasteiger partial charge in [0, 0.05) is 24.2 Å². The molecule has 0 spiro atoms. The Balaban J connectivity index is 1.73. The van der Waals surface area contributed by atoms with Crippen molar-refractivity contribution in [2.24, 2.45) is 0 Å². The third kappa shape index (κ3) is 3.96. The molecule has 0 N–H and O–H groups in total. The van der Waals surface area contributed by atoms with Gasteiger partial charge in [-0.2, -0.15) is 4.39 Å². The van der Waals surface area contributed by atoms with Gasteiger partial charge >= 0.3 is 0 Å². The van der Waals surface area contributed by atoms with E-state index in [1.807, 2.05) is 13.8 Å². The second-order valence-electron chi connectivity index (χ2n) is 6.02. The molecule has 5 nitrogen and oxygen atoms in total. The normalized spacial score (nSPS) is 20.3. The second-order valence-corrected chi connectivity index (χ2v) is 7.05. The Hall–Kier alpha value is -1.86. The molecular formula is C17H19FN2O3S. The van der Waals surface area contributed by atoms with Crippen LogP contribution in [0.1, 0.15) is 40.2 Å². The van der Waals surface area contributed by atoms with Crippen molar-refractivity contribution in [1.82, 2.24) is 9.97 Å². The van der Waals surface area contributed by atoms with Crippen molar-refractivity contribution in [3.63, 3.8) is 0 Å². The van der Waals surface area contributed by atoms with Gasteiger partial charge in [0.25, 0.3) is 0 Å². The summed E-state index contributed by atoms with van der Waals surface area (Å²) in [5.74, 6) is 0.406. The van der Waals surface area contributed by atoms with Crippen LogP contribution in [0.5, 0.6) is 5.75 Å². The van der Waals surface area contributed by atoms with Crippen LogP contribution in [0.15, 0.2) is 12.1 Å². The van der Waals surface area contributed by atoms with Gasteiger partial charge < -0.3 is 9.47 Å². The average molecular weight is 350 g/mol. The third-order valence-corrected chi connectivity index (χ3v) is 4.72. The first-order chi connectivity index (χ1) is 11.4. The number of aromatic nitrogens is 2. The van der Waals surface area contributed by atoms with Crippen molar-refractivity contribution in [3.8, 4) is 5.75 Å². The summed E-state index contributed by atoms with van der Waals surface area (Å²) in [6.45, 7) is 5.95. The van der Waals surface area contributed by atoms with Gasteiger partial charge in [-0.15, -0.1) is 0 Å². The summed E-state index contributed by atoms with van der Waals surface area (Å²) in [7, 11) is 0. The molecule has 3 heterocycles. The molecule has 2 aromatic rings. The molecule has 0 radical (unpaired) electrons. The minimum Gasteiger partial charge on any atom is -0.488 e. The van der Waals surface area contributed by atoms with E-state index < -0.39 is 0 Å². The van der Waals surface area contributed by atoms with Crippen LogP contribution in [-0.4, -0.2) is 34.6 Å². The van der Waals surface area contributed by atoms with Crippen LogP contribution in [0.2, 0.25) is 0 Å². The van der Waals surface area contributed by atoms with Crippen molar-refractivity contribution in [2.45, 2.75) is 45.8 Å². The van der Waals surface area contributed by atoms with E-state index >= 15 is 0 Å². The molecule has 1 aliphatic rings. The largest absolute Gasteiger partial charge is 0.488 e. The van der Waals surface area contributed by atoms with E-state index in [4.69, 9.17) is 9.47 Å². The van der Waals surface area contributed by atoms with Gasteiger partial charge in [0.2, 0.25) is 0 Å². The maximum absolute atomic E-state index is 13.4. The standard InChI is InChI=1S/C17H19FN2O3S/c1-9-4-12(23-13-5-10(2)22-8-13)6-14(19-9)15(21)7-16-20-11(3)17(18)24-16/h4,6,10,13H,5,7-8H2,1-3H3/t10-,13-/m1/s1. The molecule has 7 heteroatoms. The van der Waals surface area contributed by atoms with Crippen LogP contribution in [0.25, 0.3) is 0 Å². The van der Waals surface area contributed by atoms with E-state index in [0.717, 1.165) is 17.8 Å². The number of pyridine rings is 1. The van der Waals surface area contributed by atoms with Gasteiger partial charge in [0.05, 0.1) is 24.8 Å². The highest BCUT2D eigenvalue weighted by Crippen LogP contribution is 2.23. The number of thiazole rings is 1. The lowest BCUT2D eigenvalue weighted by Gasteiger charge is -2.13. The molecule has 0 amide bonds. The molecule has 2 atom stereocenters. The van der Waals surface area contributed by atoms with Crippen LogP contribution in [-0.2, 0) is 11.2 Å². The maximum atomic E-state index is 13.4. The van der Waals surface area contributed by atoms with E-state index in [1.165, 1.54) is 0 Å². The number of rotatable bonds is 5. The number of Topliss-reactive ketones (excluding diaryl/α,β-unsaturated/α-hetero) is 1. The molecule has 0 saturated carbocycles. The summed E-state index contributed by atoms with van der Waals surface area (Å²) < 4.78 is 24.8. The summed E-state index contributed by atoms with van der Waals surface area (Å²) in [5.41, 5.74) is 1.33. The average Bonchev–Trinajstić information content (AvgIpc) is 3.04. The minimum absolute atomic E-state index is 0.0135. The van der Waals surface area contributed by atoms with Gasteiger partial charge in [-0.3, -0.25) is 4.79 Å². The Kier molecular flexibility index (Phi) is 4.91. The predicted octanol–water partition coefficient (Wildman–Crippen LogP) is 3.28. The lowest BCUT2D eigenvalue weighted by atomic mass is 10.1. The summed E-state index contributed by atoms with van der Waals surface area (Å²) >= 11 is 0.898. The first kappa shape index (κ1) is 17.0. The number of hydrogen-bond donors (Lipinski definition) is 0.